The molecule has 0 bridgehead atoms. The van der Waals surface area contributed by atoms with Crippen LogP contribution in [0.1, 0.15) is 19.4 Å². The Morgan fingerprint density at radius 3 is 2.66 bits per heavy atom. The summed E-state index contributed by atoms with van der Waals surface area (Å²) >= 11 is 0. The average molecular weight is 418 g/mol. The maximum Gasteiger partial charge on any atom is 0.246 e. The zero-order valence-corrected chi connectivity index (χ0v) is 18.0. The fraction of sp³-hybridized carbons (Fsp3) is 0.381. The summed E-state index contributed by atoms with van der Waals surface area (Å²) in [5, 5.41) is 3.06. The largest absolute Gasteiger partial charge is 0.492 e. The molecule has 0 spiro atoms. The predicted octanol–water partition coefficient (Wildman–Crippen LogP) is 2.73. The van der Waals surface area contributed by atoms with Crippen molar-refractivity contribution >= 4 is 27.3 Å². The van der Waals surface area contributed by atoms with Gasteiger partial charge in [-0.2, -0.15) is 0 Å². The molecule has 0 aliphatic carbocycles. The van der Waals surface area contributed by atoms with Crippen molar-refractivity contribution in [2.75, 3.05) is 37.5 Å². The molecule has 3 rings (SSSR count). The number of amides is 1. The van der Waals surface area contributed by atoms with Crippen LogP contribution in [0.5, 0.6) is 5.75 Å². The molecule has 0 radical (unpaired) electrons. The highest BCUT2D eigenvalue weighted by molar-refractivity contribution is 7.89. The Morgan fingerprint density at radius 2 is 1.97 bits per heavy atom. The van der Waals surface area contributed by atoms with Crippen LogP contribution in [-0.4, -0.2) is 51.9 Å². The first-order valence-corrected chi connectivity index (χ1v) is 11.0. The molecule has 0 saturated carbocycles. The summed E-state index contributed by atoms with van der Waals surface area (Å²) in [4.78, 5) is 14.7. The molecule has 1 amide bonds. The quantitative estimate of drug-likeness (QED) is 0.749. The molecule has 2 aromatic carbocycles. The minimum Gasteiger partial charge on any atom is -0.492 e. The Morgan fingerprint density at radius 1 is 1.24 bits per heavy atom. The van der Waals surface area contributed by atoms with Crippen molar-refractivity contribution < 1.29 is 17.9 Å². The van der Waals surface area contributed by atoms with Gasteiger partial charge in [0.05, 0.1) is 13.2 Å². The smallest absolute Gasteiger partial charge is 0.246 e. The van der Waals surface area contributed by atoms with Gasteiger partial charge in [-0.05, 0) is 50.1 Å². The number of anilines is 2. The van der Waals surface area contributed by atoms with Crippen molar-refractivity contribution in [3.05, 3.63) is 48.0 Å². The molecule has 156 valence electrons. The highest BCUT2D eigenvalue weighted by Gasteiger charge is 2.30. The Labute approximate surface area is 172 Å². The normalized spacial score (nSPS) is 16.0. The summed E-state index contributed by atoms with van der Waals surface area (Å²) < 4.78 is 31.9. The van der Waals surface area contributed by atoms with Crippen LogP contribution >= 0.6 is 0 Å². The lowest BCUT2D eigenvalue weighted by Crippen LogP contribution is -2.39. The van der Waals surface area contributed by atoms with E-state index in [9.17, 15) is 13.2 Å². The maximum absolute atomic E-state index is 12.9. The molecule has 1 aliphatic heterocycles. The molecule has 29 heavy (non-hydrogen) atoms. The summed E-state index contributed by atoms with van der Waals surface area (Å²) in [5.41, 5.74) is 2.64. The van der Waals surface area contributed by atoms with E-state index in [4.69, 9.17) is 4.74 Å². The molecular formula is C21H27N3O4S. The lowest BCUT2D eigenvalue weighted by atomic mass is 10.1. The number of ether oxygens (including phenoxy) is 1. The van der Waals surface area contributed by atoms with Gasteiger partial charge in [-0.25, -0.2) is 12.7 Å². The second kappa shape index (κ2) is 8.42. The lowest BCUT2D eigenvalue weighted by molar-refractivity contribution is -0.117. The third-order valence-electron chi connectivity index (χ3n) is 4.92. The summed E-state index contributed by atoms with van der Waals surface area (Å²) in [5.74, 6) is 0.230. The number of nitrogens with zero attached hydrogens (tertiary/aromatic N) is 2. The monoisotopic (exact) mass is 417 g/mol. The minimum atomic E-state index is -3.68. The molecular weight excluding hydrogens is 390 g/mol. The summed E-state index contributed by atoms with van der Waals surface area (Å²) in [7, 11) is -0.736. The number of hydrogen-bond acceptors (Lipinski definition) is 5. The summed E-state index contributed by atoms with van der Waals surface area (Å²) in [6, 6.07) is 12.8. The van der Waals surface area contributed by atoms with Crippen LogP contribution in [0.3, 0.4) is 0 Å². The SMILES string of the molecule is CCOc1ccc(NCC(=O)N2c3ccccc3C[C@@H]2C)cc1S(=O)(=O)N(C)C. The van der Waals surface area contributed by atoms with Gasteiger partial charge in [-0.3, -0.25) is 4.79 Å². The van der Waals surface area contributed by atoms with E-state index >= 15 is 0 Å². The van der Waals surface area contributed by atoms with Crippen molar-refractivity contribution in [2.45, 2.75) is 31.2 Å². The van der Waals surface area contributed by atoms with E-state index in [1.807, 2.05) is 31.2 Å². The Balaban J connectivity index is 1.80. The van der Waals surface area contributed by atoms with Gasteiger partial charge in [0.25, 0.3) is 0 Å². The van der Waals surface area contributed by atoms with E-state index < -0.39 is 10.0 Å². The molecule has 0 saturated heterocycles. The Kier molecular flexibility index (Phi) is 6.14. The summed E-state index contributed by atoms with van der Waals surface area (Å²) in [6.45, 7) is 4.24. The number of fused-ring (bicyclic) bond motifs is 1. The molecule has 1 aliphatic rings. The van der Waals surface area contributed by atoms with Gasteiger partial charge in [0, 0.05) is 31.5 Å². The van der Waals surface area contributed by atoms with Crippen LogP contribution in [0.4, 0.5) is 11.4 Å². The molecule has 0 aromatic heterocycles. The lowest BCUT2D eigenvalue weighted by Gasteiger charge is -2.23. The number of para-hydroxylation sites is 1. The molecule has 1 atom stereocenters. The number of nitrogens with one attached hydrogen (secondary N) is 1. The van der Waals surface area contributed by atoms with Gasteiger partial charge in [0.15, 0.2) is 0 Å². The van der Waals surface area contributed by atoms with Crippen molar-refractivity contribution in [1.29, 1.82) is 0 Å². The standard InChI is InChI=1S/C21H27N3O4S/c1-5-28-19-11-10-17(13-20(19)29(26,27)23(3)4)22-14-21(25)24-15(2)12-16-8-6-7-9-18(16)24/h6-11,13,15,22H,5,12,14H2,1-4H3/t15-/m0/s1. The van der Waals surface area contributed by atoms with E-state index in [0.717, 1.165) is 22.0 Å². The number of benzene rings is 2. The molecule has 0 unspecified atom stereocenters. The van der Waals surface area contributed by atoms with Gasteiger partial charge >= 0.3 is 0 Å². The summed E-state index contributed by atoms with van der Waals surface area (Å²) in [6.07, 6.45) is 0.830. The van der Waals surface area contributed by atoms with Crippen molar-refractivity contribution in [3.63, 3.8) is 0 Å². The topological polar surface area (TPSA) is 79.0 Å². The van der Waals surface area contributed by atoms with E-state index in [1.165, 1.54) is 20.2 Å². The average Bonchev–Trinajstić information content (AvgIpc) is 3.02. The highest BCUT2D eigenvalue weighted by atomic mass is 32.2. The molecule has 7 nitrogen and oxygen atoms in total. The second-order valence-electron chi connectivity index (χ2n) is 7.18. The molecule has 1 N–H and O–H groups in total. The van der Waals surface area contributed by atoms with Gasteiger partial charge in [0.2, 0.25) is 15.9 Å². The first-order chi connectivity index (χ1) is 13.8. The molecule has 0 fully saturated rings. The number of carbonyl (C=O) groups excluding carboxylic acids is 1. The van der Waals surface area contributed by atoms with Crippen LogP contribution in [0.15, 0.2) is 47.4 Å². The van der Waals surface area contributed by atoms with E-state index in [0.29, 0.717) is 18.0 Å². The van der Waals surface area contributed by atoms with Gasteiger partial charge in [-0.1, -0.05) is 18.2 Å². The second-order valence-corrected chi connectivity index (χ2v) is 9.30. The number of hydrogen-bond donors (Lipinski definition) is 1. The first-order valence-electron chi connectivity index (χ1n) is 9.59. The van der Waals surface area contributed by atoms with Gasteiger partial charge in [-0.15, -0.1) is 0 Å². The van der Waals surface area contributed by atoms with Crippen molar-refractivity contribution in [3.8, 4) is 5.75 Å². The van der Waals surface area contributed by atoms with Gasteiger partial charge < -0.3 is 15.0 Å². The van der Waals surface area contributed by atoms with Crippen LogP contribution in [-0.2, 0) is 21.2 Å². The molecule has 1 heterocycles. The third-order valence-corrected chi connectivity index (χ3v) is 6.76. The molecule has 8 heteroatoms. The third kappa shape index (κ3) is 4.23. The molecule has 2 aromatic rings. The van der Waals surface area contributed by atoms with Crippen molar-refractivity contribution in [2.24, 2.45) is 0 Å². The number of carbonyl (C=O) groups is 1. The van der Waals surface area contributed by atoms with Crippen LogP contribution in [0.2, 0.25) is 0 Å². The van der Waals surface area contributed by atoms with Crippen LogP contribution in [0.25, 0.3) is 0 Å². The highest BCUT2D eigenvalue weighted by Crippen LogP contribution is 2.32. The zero-order chi connectivity index (χ0) is 21.2. The Hall–Kier alpha value is -2.58. The van der Waals surface area contributed by atoms with Crippen molar-refractivity contribution in [1.82, 2.24) is 4.31 Å². The first kappa shape index (κ1) is 21.1. The fourth-order valence-corrected chi connectivity index (χ4v) is 4.55. The Bertz CT molecular complexity index is 1000. The van der Waals surface area contributed by atoms with E-state index in [2.05, 4.69) is 5.32 Å². The van der Waals surface area contributed by atoms with E-state index in [-0.39, 0.29) is 23.4 Å². The maximum atomic E-state index is 12.9. The van der Waals surface area contributed by atoms with Crippen LogP contribution in [0, 0.1) is 0 Å². The predicted molar refractivity (Wildman–Crippen MR) is 114 cm³/mol. The minimum absolute atomic E-state index is 0.0617. The number of sulfonamides is 1. The van der Waals surface area contributed by atoms with E-state index in [1.54, 1.807) is 24.0 Å². The zero-order valence-electron chi connectivity index (χ0n) is 17.2. The fourth-order valence-electron chi connectivity index (χ4n) is 3.50. The number of rotatable bonds is 7. The van der Waals surface area contributed by atoms with Gasteiger partial charge in [0.1, 0.15) is 10.6 Å². The van der Waals surface area contributed by atoms with Crippen LogP contribution < -0.4 is 15.0 Å².